The van der Waals surface area contributed by atoms with E-state index in [9.17, 15) is 4.79 Å². The fourth-order valence-corrected chi connectivity index (χ4v) is 3.22. The number of rotatable bonds is 6. The number of furan rings is 1. The summed E-state index contributed by atoms with van der Waals surface area (Å²) < 4.78 is 12.2. The highest BCUT2D eigenvalue weighted by Gasteiger charge is 2.21. The van der Waals surface area contributed by atoms with E-state index < -0.39 is 0 Å². The van der Waals surface area contributed by atoms with Crippen LogP contribution in [0.5, 0.6) is 5.88 Å². The number of hydrogen-bond donors (Lipinski definition) is 1. The number of carbonyl (C=O) groups is 1. The third-order valence-corrected chi connectivity index (χ3v) is 4.46. The molecule has 0 saturated carbocycles. The Morgan fingerprint density at radius 3 is 3.00 bits per heavy atom. The Hall–Kier alpha value is -2.54. The molecule has 120 valence electrons. The van der Waals surface area contributed by atoms with Gasteiger partial charge in [-0.2, -0.15) is 0 Å². The molecule has 0 aromatic carbocycles. The van der Waals surface area contributed by atoms with Gasteiger partial charge in [-0.15, -0.1) is 16.4 Å². The number of methoxy groups -OCH3 is 1. The van der Waals surface area contributed by atoms with Crippen LogP contribution in [0.25, 0.3) is 0 Å². The van der Waals surface area contributed by atoms with Gasteiger partial charge in [0.15, 0.2) is 0 Å². The van der Waals surface area contributed by atoms with Crippen molar-refractivity contribution in [3.05, 3.63) is 58.3 Å². The van der Waals surface area contributed by atoms with Gasteiger partial charge >= 0.3 is 0 Å². The SMILES string of the molecule is COc1nn(C)cc1C(=O)NCC(c1ccco1)c1cccs1. The van der Waals surface area contributed by atoms with E-state index in [-0.39, 0.29) is 11.8 Å². The van der Waals surface area contributed by atoms with Gasteiger partial charge in [-0.05, 0) is 23.6 Å². The van der Waals surface area contributed by atoms with Crippen molar-refractivity contribution in [3.63, 3.8) is 0 Å². The number of amides is 1. The Morgan fingerprint density at radius 1 is 1.48 bits per heavy atom. The summed E-state index contributed by atoms with van der Waals surface area (Å²) in [6.45, 7) is 0.435. The number of carbonyl (C=O) groups excluding carboxylic acids is 1. The largest absolute Gasteiger partial charge is 0.479 e. The molecule has 3 aromatic rings. The zero-order valence-corrected chi connectivity index (χ0v) is 13.7. The van der Waals surface area contributed by atoms with Gasteiger partial charge in [0, 0.05) is 24.7 Å². The van der Waals surface area contributed by atoms with Crippen LogP contribution in [0, 0.1) is 0 Å². The number of nitrogens with zero attached hydrogens (tertiary/aromatic N) is 2. The smallest absolute Gasteiger partial charge is 0.258 e. The summed E-state index contributed by atoms with van der Waals surface area (Å²) in [5.41, 5.74) is 0.416. The molecule has 3 heterocycles. The highest BCUT2D eigenvalue weighted by Crippen LogP contribution is 2.28. The molecule has 0 spiro atoms. The van der Waals surface area contributed by atoms with E-state index in [1.165, 1.54) is 7.11 Å². The molecular weight excluding hydrogens is 314 g/mol. The van der Waals surface area contributed by atoms with Gasteiger partial charge < -0.3 is 14.5 Å². The first-order valence-corrected chi connectivity index (χ1v) is 7.99. The lowest BCUT2D eigenvalue weighted by molar-refractivity contribution is 0.0949. The lowest BCUT2D eigenvalue weighted by atomic mass is 10.0. The lowest BCUT2D eigenvalue weighted by Gasteiger charge is -2.14. The molecule has 1 atom stereocenters. The number of thiophene rings is 1. The molecule has 3 aromatic heterocycles. The van der Waals surface area contributed by atoms with E-state index in [2.05, 4.69) is 10.4 Å². The molecule has 23 heavy (non-hydrogen) atoms. The van der Waals surface area contributed by atoms with Crippen molar-refractivity contribution in [1.29, 1.82) is 0 Å². The van der Waals surface area contributed by atoms with Gasteiger partial charge in [0.05, 0.1) is 19.3 Å². The standard InChI is InChI=1S/C16H17N3O3S/c1-19-10-12(16(18-19)21-2)15(20)17-9-11(13-5-3-7-22-13)14-6-4-8-23-14/h3-8,10-11H,9H2,1-2H3,(H,17,20). The van der Waals surface area contributed by atoms with Crippen LogP contribution < -0.4 is 10.1 Å². The molecule has 6 nitrogen and oxygen atoms in total. The molecule has 0 fully saturated rings. The number of aromatic nitrogens is 2. The summed E-state index contributed by atoms with van der Waals surface area (Å²) in [5.74, 6) is 0.904. The second kappa shape index (κ2) is 6.70. The van der Waals surface area contributed by atoms with Crippen LogP contribution in [0.3, 0.4) is 0 Å². The summed E-state index contributed by atoms with van der Waals surface area (Å²) in [4.78, 5) is 13.5. The van der Waals surface area contributed by atoms with Crippen LogP contribution >= 0.6 is 11.3 Å². The monoisotopic (exact) mass is 331 g/mol. The molecule has 7 heteroatoms. The van der Waals surface area contributed by atoms with Crippen LogP contribution in [-0.2, 0) is 7.05 Å². The van der Waals surface area contributed by atoms with Crippen LogP contribution in [-0.4, -0.2) is 29.3 Å². The molecule has 0 radical (unpaired) electrons. The minimum Gasteiger partial charge on any atom is -0.479 e. The Labute approximate surface area is 137 Å². The minimum absolute atomic E-state index is 0.0170. The van der Waals surface area contributed by atoms with E-state index in [1.807, 2.05) is 29.6 Å². The average Bonchev–Trinajstić information content (AvgIpc) is 3.28. The summed E-state index contributed by atoms with van der Waals surface area (Å²) in [5, 5.41) is 9.04. The van der Waals surface area contributed by atoms with E-state index >= 15 is 0 Å². The fourth-order valence-electron chi connectivity index (χ4n) is 2.39. The number of ether oxygens (including phenoxy) is 1. The fraction of sp³-hybridized carbons (Fsp3) is 0.250. The molecule has 0 aliphatic rings. The van der Waals surface area contributed by atoms with Gasteiger partial charge in [0.25, 0.3) is 5.91 Å². The normalized spacial score (nSPS) is 12.1. The highest BCUT2D eigenvalue weighted by atomic mass is 32.1. The van der Waals surface area contributed by atoms with Gasteiger partial charge in [-0.3, -0.25) is 9.48 Å². The maximum Gasteiger partial charge on any atom is 0.258 e. The average molecular weight is 331 g/mol. The molecule has 1 unspecified atom stereocenters. The van der Waals surface area contributed by atoms with E-state index in [4.69, 9.17) is 9.15 Å². The molecule has 1 amide bonds. The molecule has 1 N–H and O–H groups in total. The third kappa shape index (κ3) is 3.29. The third-order valence-electron chi connectivity index (χ3n) is 3.47. The Kier molecular flexibility index (Phi) is 4.47. The summed E-state index contributed by atoms with van der Waals surface area (Å²) in [6.07, 6.45) is 3.28. The Morgan fingerprint density at radius 2 is 2.35 bits per heavy atom. The van der Waals surface area contributed by atoms with Crippen molar-refractivity contribution >= 4 is 17.2 Å². The van der Waals surface area contributed by atoms with Crippen LogP contribution in [0.15, 0.2) is 46.5 Å². The van der Waals surface area contributed by atoms with Crippen LogP contribution in [0.4, 0.5) is 0 Å². The second-order valence-corrected chi connectivity index (χ2v) is 6.00. The zero-order chi connectivity index (χ0) is 16.2. The van der Waals surface area contributed by atoms with Crippen molar-refractivity contribution in [2.75, 3.05) is 13.7 Å². The lowest BCUT2D eigenvalue weighted by Crippen LogP contribution is -2.28. The first-order chi connectivity index (χ1) is 11.2. The van der Waals surface area contributed by atoms with Gasteiger partial charge in [0.1, 0.15) is 11.3 Å². The van der Waals surface area contributed by atoms with Gasteiger partial charge in [-0.25, -0.2) is 0 Å². The van der Waals surface area contributed by atoms with Crippen LogP contribution in [0.2, 0.25) is 0 Å². The Balaban J connectivity index is 1.75. The van der Waals surface area contributed by atoms with Crippen molar-refractivity contribution < 1.29 is 13.9 Å². The molecule has 0 aliphatic heterocycles. The maximum absolute atomic E-state index is 12.4. The zero-order valence-electron chi connectivity index (χ0n) is 12.9. The predicted molar refractivity (Wildman–Crippen MR) is 87.0 cm³/mol. The first kappa shape index (κ1) is 15.4. The Bertz CT molecular complexity index is 728. The summed E-state index contributed by atoms with van der Waals surface area (Å²) in [7, 11) is 3.24. The van der Waals surface area contributed by atoms with E-state index in [1.54, 1.807) is 35.5 Å². The van der Waals surface area contributed by atoms with E-state index in [0.29, 0.717) is 18.0 Å². The van der Waals surface area contributed by atoms with Crippen molar-refractivity contribution in [2.24, 2.45) is 7.05 Å². The molecular formula is C16H17N3O3S. The topological polar surface area (TPSA) is 69.3 Å². The van der Waals surface area contributed by atoms with Crippen molar-refractivity contribution in [2.45, 2.75) is 5.92 Å². The van der Waals surface area contributed by atoms with Gasteiger partial charge in [0.2, 0.25) is 5.88 Å². The number of aryl methyl sites for hydroxylation is 1. The van der Waals surface area contributed by atoms with Crippen molar-refractivity contribution in [3.8, 4) is 5.88 Å². The minimum atomic E-state index is -0.219. The number of nitrogens with one attached hydrogen (secondary N) is 1. The van der Waals surface area contributed by atoms with Gasteiger partial charge in [-0.1, -0.05) is 6.07 Å². The molecule has 0 bridgehead atoms. The quantitative estimate of drug-likeness (QED) is 0.754. The van der Waals surface area contributed by atoms with Crippen molar-refractivity contribution in [1.82, 2.24) is 15.1 Å². The molecule has 3 rings (SSSR count). The van der Waals surface area contributed by atoms with Crippen LogP contribution in [0.1, 0.15) is 26.9 Å². The summed E-state index contributed by atoms with van der Waals surface area (Å²) >= 11 is 1.64. The number of hydrogen-bond acceptors (Lipinski definition) is 5. The highest BCUT2D eigenvalue weighted by molar-refractivity contribution is 7.10. The molecule has 0 saturated heterocycles. The predicted octanol–water partition coefficient (Wildman–Crippen LogP) is 2.65. The maximum atomic E-state index is 12.4. The van der Waals surface area contributed by atoms with E-state index in [0.717, 1.165) is 10.6 Å². The summed E-state index contributed by atoms with van der Waals surface area (Å²) in [6, 6.07) is 7.79. The molecule has 0 aliphatic carbocycles. The first-order valence-electron chi connectivity index (χ1n) is 7.11. The second-order valence-electron chi connectivity index (χ2n) is 5.02.